The van der Waals surface area contributed by atoms with E-state index in [1.165, 1.54) is 15.7 Å². The first-order valence-corrected chi connectivity index (χ1v) is 7.26. The van der Waals surface area contributed by atoms with Crippen LogP contribution in [0.3, 0.4) is 0 Å². The third-order valence-corrected chi connectivity index (χ3v) is 3.43. The van der Waals surface area contributed by atoms with Crippen LogP contribution in [0.4, 0.5) is 17.3 Å². The Balaban J connectivity index is 0.000000280. The number of benzene rings is 2. The van der Waals surface area contributed by atoms with Crippen LogP contribution in [0, 0.1) is 0 Å². The van der Waals surface area contributed by atoms with E-state index in [-0.39, 0.29) is 0 Å². The maximum atomic E-state index is 9.75. The van der Waals surface area contributed by atoms with E-state index in [9.17, 15) is 17.3 Å². The highest BCUT2D eigenvalue weighted by molar-refractivity contribution is 7.95. The minimum absolute atomic E-state index is 0.346. The summed E-state index contributed by atoms with van der Waals surface area (Å²) < 4.78 is 39.0. The van der Waals surface area contributed by atoms with Gasteiger partial charge in [-0.1, -0.05) is 30.3 Å². The first-order chi connectivity index (χ1) is 8.29. The van der Waals surface area contributed by atoms with E-state index in [0.29, 0.717) is 10.9 Å². The highest BCUT2D eigenvalue weighted by atomic mass is 32.2. The molecule has 98 valence electrons. The van der Waals surface area contributed by atoms with E-state index in [0.717, 1.165) is 0 Å². The van der Waals surface area contributed by atoms with Gasteiger partial charge in [-0.05, 0) is 17.5 Å². The van der Waals surface area contributed by atoms with Gasteiger partial charge in [-0.25, -0.2) is 0 Å². The van der Waals surface area contributed by atoms with Crippen LogP contribution in [0.1, 0.15) is 0 Å². The van der Waals surface area contributed by atoms with Gasteiger partial charge < -0.3 is 17.3 Å². The third kappa shape index (κ3) is 5.00. The Bertz CT molecular complexity index is 499. The predicted molar refractivity (Wildman–Crippen MR) is 71.6 cm³/mol. The summed E-state index contributed by atoms with van der Waals surface area (Å²) in [5.74, 6) is 0. The normalized spacial score (nSPS) is 11.3. The van der Waals surface area contributed by atoms with Crippen molar-refractivity contribution in [1.29, 1.82) is 0 Å². The second-order valence-corrected chi connectivity index (χ2v) is 5.86. The van der Waals surface area contributed by atoms with Crippen LogP contribution in [-0.2, 0) is 10.9 Å². The highest BCUT2D eigenvalue weighted by Gasteiger charge is 2.20. The molecule has 0 saturated carbocycles. The molecule has 0 N–H and O–H groups in total. The maximum absolute atomic E-state index is 9.75. The van der Waals surface area contributed by atoms with E-state index >= 15 is 0 Å². The van der Waals surface area contributed by atoms with Crippen molar-refractivity contribution < 1.29 is 17.3 Å². The number of hydrogen-bond donors (Lipinski definition) is 0. The molecule has 0 nitrogen and oxygen atoms in total. The van der Waals surface area contributed by atoms with E-state index in [4.69, 9.17) is 0 Å². The zero-order valence-electron chi connectivity index (χ0n) is 10.0. The van der Waals surface area contributed by atoms with Crippen LogP contribution in [0.25, 0.3) is 10.8 Å². The number of rotatable bonds is 1. The van der Waals surface area contributed by atoms with Crippen LogP contribution >= 0.6 is 0 Å². The average molecular weight is 276 g/mol. The van der Waals surface area contributed by atoms with Gasteiger partial charge in [0, 0.05) is 16.3 Å². The molecule has 0 spiro atoms. The molecule has 0 amide bonds. The molecule has 0 heterocycles. The first kappa shape index (κ1) is 14.9. The lowest BCUT2D eigenvalue weighted by atomic mass is 10.1. The fraction of sp³-hybridized carbons (Fsp3) is 0.167. The standard InChI is InChI=1S/C12H13S.BF4/c1-13(2)12-9-5-7-10-6-3-4-8-11(10)12;2-1(3,4)5/h3-9H,1-2H3;/q+1;-1. The van der Waals surface area contributed by atoms with Gasteiger partial charge in [-0.3, -0.25) is 0 Å². The van der Waals surface area contributed by atoms with Gasteiger partial charge in [0.1, 0.15) is 12.5 Å². The molecule has 0 aliphatic heterocycles. The Hall–Kier alpha value is -1.17. The van der Waals surface area contributed by atoms with E-state index in [2.05, 4.69) is 55.0 Å². The number of hydrogen-bond acceptors (Lipinski definition) is 0. The van der Waals surface area contributed by atoms with Crippen molar-refractivity contribution >= 4 is 28.9 Å². The van der Waals surface area contributed by atoms with Crippen molar-refractivity contribution in [2.45, 2.75) is 4.90 Å². The van der Waals surface area contributed by atoms with Crippen molar-refractivity contribution in [3.8, 4) is 0 Å². The second-order valence-electron chi connectivity index (χ2n) is 3.79. The quantitative estimate of drug-likeness (QED) is 0.412. The molecule has 0 bridgehead atoms. The van der Waals surface area contributed by atoms with Gasteiger partial charge in [0.2, 0.25) is 0 Å². The summed E-state index contributed by atoms with van der Waals surface area (Å²) in [7, 11) is -5.65. The summed E-state index contributed by atoms with van der Waals surface area (Å²) in [4.78, 5) is 1.47. The summed E-state index contributed by atoms with van der Waals surface area (Å²) >= 11 is 0. The number of halogens is 4. The van der Waals surface area contributed by atoms with Crippen molar-refractivity contribution in [2.75, 3.05) is 12.5 Å². The fourth-order valence-electron chi connectivity index (χ4n) is 1.55. The lowest BCUT2D eigenvalue weighted by Crippen LogP contribution is -2.02. The molecule has 0 aromatic heterocycles. The fourth-order valence-corrected chi connectivity index (χ4v) is 2.53. The van der Waals surface area contributed by atoms with Gasteiger partial charge in [0.25, 0.3) is 0 Å². The van der Waals surface area contributed by atoms with Crippen LogP contribution in [0.5, 0.6) is 0 Å². The van der Waals surface area contributed by atoms with Gasteiger partial charge in [0.15, 0.2) is 4.90 Å². The molecule has 6 heteroatoms. The van der Waals surface area contributed by atoms with E-state index in [1.54, 1.807) is 0 Å². The van der Waals surface area contributed by atoms with Gasteiger partial charge in [-0.2, -0.15) is 0 Å². The molecule has 0 aliphatic carbocycles. The minimum Gasteiger partial charge on any atom is -0.418 e. The van der Waals surface area contributed by atoms with Gasteiger partial charge in [-0.15, -0.1) is 0 Å². The van der Waals surface area contributed by atoms with Gasteiger partial charge >= 0.3 is 7.25 Å². The van der Waals surface area contributed by atoms with Crippen LogP contribution in [-0.4, -0.2) is 19.8 Å². The molecule has 18 heavy (non-hydrogen) atoms. The molecule has 2 aromatic carbocycles. The summed E-state index contributed by atoms with van der Waals surface area (Å²) in [5, 5.41) is 2.75. The molecule has 0 fully saturated rings. The van der Waals surface area contributed by atoms with Crippen LogP contribution in [0.15, 0.2) is 47.4 Å². The third-order valence-electron chi connectivity index (χ3n) is 2.19. The van der Waals surface area contributed by atoms with Gasteiger partial charge in [0.05, 0.1) is 0 Å². The maximum Gasteiger partial charge on any atom is 0.673 e. The molecule has 2 rings (SSSR count). The van der Waals surface area contributed by atoms with Crippen molar-refractivity contribution in [3.05, 3.63) is 42.5 Å². The Kier molecular flexibility index (Phi) is 5.08. The Morgan fingerprint density at radius 3 is 1.89 bits per heavy atom. The smallest absolute Gasteiger partial charge is 0.418 e. The lowest BCUT2D eigenvalue weighted by Gasteiger charge is -2.01. The Morgan fingerprint density at radius 2 is 1.33 bits per heavy atom. The van der Waals surface area contributed by atoms with Crippen LogP contribution in [0.2, 0.25) is 0 Å². The van der Waals surface area contributed by atoms with Crippen molar-refractivity contribution in [1.82, 2.24) is 0 Å². The Labute approximate surface area is 106 Å². The van der Waals surface area contributed by atoms with Crippen LogP contribution < -0.4 is 0 Å². The van der Waals surface area contributed by atoms with Crippen molar-refractivity contribution in [2.24, 2.45) is 0 Å². The lowest BCUT2D eigenvalue weighted by molar-refractivity contribution is 0.368. The summed E-state index contributed by atoms with van der Waals surface area (Å²) in [6.45, 7) is 0. The second kappa shape index (κ2) is 6.13. The summed E-state index contributed by atoms with van der Waals surface area (Å²) in [6.07, 6.45) is 4.53. The molecule has 0 radical (unpaired) electrons. The monoisotopic (exact) mass is 276 g/mol. The van der Waals surface area contributed by atoms with Crippen molar-refractivity contribution in [3.63, 3.8) is 0 Å². The molecular formula is C12H13BF4S. The Morgan fingerprint density at radius 1 is 0.833 bits per heavy atom. The number of fused-ring (bicyclic) bond motifs is 1. The van der Waals surface area contributed by atoms with E-state index < -0.39 is 7.25 Å². The van der Waals surface area contributed by atoms with E-state index in [1.807, 2.05) is 0 Å². The SMILES string of the molecule is C[S+](C)c1cccc2ccccc12.F[B-](F)(F)F. The highest BCUT2D eigenvalue weighted by Crippen LogP contribution is 2.22. The average Bonchev–Trinajstić information content (AvgIpc) is 2.26. The molecule has 0 aliphatic rings. The molecular weight excluding hydrogens is 263 g/mol. The molecule has 0 atom stereocenters. The summed E-state index contributed by atoms with van der Waals surface area (Å²) in [5.41, 5.74) is 0. The zero-order valence-corrected chi connectivity index (χ0v) is 10.9. The first-order valence-electron chi connectivity index (χ1n) is 5.21. The minimum atomic E-state index is -6.00. The summed E-state index contributed by atoms with van der Waals surface area (Å²) in [6, 6.07) is 15.1. The molecule has 0 saturated heterocycles. The topological polar surface area (TPSA) is 0 Å². The zero-order chi connectivity index (χ0) is 13.8. The largest absolute Gasteiger partial charge is 0.673 e. The molecule has 2 aromatic rings. The molecule has 0 unspecified atom stereocenters. The predicted octanol–water partition coefficient (Wildman–Crippen LogP) is 4.38.